The predicted molar refractivity (Wildman–Crippen MR) is 80.3 cm³/mol. The first kappa shape index (κ1) is 14.4. The third-order valence-electron chi connectivity index (χ3n) is 5.61. The Balaban J connectivity index is 1.86. The van der Waals surface area contributed by atoms with Crippen LogP contribution in [0.2, 0.25) is 0 Å². The van der Waals surface area contributed by atoms with E-state index in [-0.39, 0.29) is 0 Å². The standard InChI is InChI=1S/C18H33/c1-13-10-14(2)12-16(11-13)15-6-8-17(9-7-15)18(3,4)5/h13-14,16-17H,6-12H2,1-5H3. The van der Waals surface area contributed by atoms with E-state index in [1.165, 1.54) is 44.9 Å². The quantitative estimate of drug-likeness (QED) is 0.545. The average molecular weight is 249 g/mol. The summed E-state index contributed by atoms with van der Waals surface area (Å²) in [4.78, 5) is 0. The van der Waals surface area contributed by atoms with Crippen molar-refractivity contribution in [3.8, 4) is 0 Å². The molecule has 2 unspecified atom stereocenters. The molecule has 2 aliphatic carbocycles. The van der Waals surface area contributed by atoms with Crippen LogP contribution in [0.4, 0.5) is 0 Å². The minimum Gasteiger partial charge on any atom is -0.0625 e. The molecule has 2 fully saturated rings. The van der Waals surface area contributed by atoms with E-state index in [4.69, 9.17) is 0 Å². The van der Waals surface area contributed by atoms with E-state index in [1.807, 2.05) is 5.92 Å². The third-order valence-corrected chi connectivity index (χ3v) is 5.61. The fourth-order valence-corrected chi connectivity index (χ4v) is 4.54. The first-order valence-electron chi connectivity index (χ1n) is 8.21. The highest BCUT2D eigenvalue weighted by molar-refractivity contribution is 5.03. The fourth-order valence-electron chi connectivity index (χ4n) is 4.54. The molecule has 18 heavy (non-hydrogen) atoms. The van der Waals surface area contributed by atoms with Gasteiger partial charge in [-0.3, -0.25) is 0 Å². The van der Waals surface area contributed by atoms with Crippen molar-refractivity contribution in [3.05, 3.63) is 5.92 Å². The Hall–Kier alpha value is 0. The maximum absolute atomic E-state index is 2.46. The zero-order valence-electron chi connectivity index (χ0n) is 13.3. The van der Waals surface area contributed by atoms with Crippen molar-refractivity contribution >= 4 is 0 Å². The first-order chi connectivity index (χ1) is 8.36. The van der Waals surface area contributed by atoms with Crippen molar-refractivity contribution in [2.75, 3.05) is 0 Å². The van der Waals surface area contributed by atoms with E-state index < -0.39 is 0 Å². The predicted octanol–water partition coefficient (Wildman–Crippen LogP) is 5.87. The van der Waals surface area contributed by atoms with Gasteiger partial charge < -0.3 is 0 Å². The molecule has 0 saturated heterocycles. The lowest BCUT2D eigenvalue weighted by Crippen LogP contribution is -2.30. The van der Waals surface area contributed by atoms with Crippen LogP contribution < -0.4 is 0 Å². The van der Waals surface area contributed by atoms with Crippen molar-refractivity contribution < 1.29 is 0 Å². The molecule has 0 aromatic heterocycles. The van der Waals surface area contributed by atoms with Gasteiger partial charge >= 0.3 is 0 Å². The number of hydrogen-bond donors (Lipinski definition) is 0. The Labute approximate surface area is 115 Å². The van der Waals surface area contributed by atoms with Crippen LogP contribution in [0.25, 0.3) is 0 Å². The van der Waals surface area contributed by atoms with Crippen LogP contribution >= 0.6 is 0 Å². The lowest BCUT2D eigenvalue weighted by atomic mass is 9.63. The van der Waals surface area contributed by atoms with Crippen molar-refractivity contribution in [2.45, 2.75) is 79.6 Å². The minimum absolute atomic E-state index is 0.526. The molecule has 0 spiro atoms. The second-order valence-corrected chi connectivity index (χ2v) is 8.41. The maximum Gasteiger partial charge on any atom is -0.0210 e. The zero-order chi connectivity index (χ0) is 13.3. The van der Waals surface area contributed by atoms with Gasteiger partial charge in [0.25, 0.3) is 0 Å². The molecule has 0 amide bonds. The summed E-state index contributed by atoms with van der Waals surface area (Å²) >= 11 is 0. The highest BCUT2D eigenvalue weighted by Crippen LogP contribution is 2.47. The van der Waals surface area contributed by atoms with Gasteiger partial charge in [-0.1, -0.05) is 34.6 Å². The number of rotatable bonds is 1. The SMILES string of the molecule is CC1CC(C)CC([C]2CCC(C(C)(C)C)CC2)C1. The minimum atomic E-state index is 0.526. The summed E-state index contributed by atoms with van der Waals surface area (Å²) in [5.41, 5.74) is 0.526. The van der Waals surface area contributed by atoms with Crippen LogP contribution in [-0.4, -0.2) is 0 Å². The van der Waals surface area contributed by atoms with Gasteiger partial charge in [0, 0.05) is 0 Å². The molecule has 0 aromatic carbocycles. The van der Waals surface area contributed by atoms with Gasteiger partial charge in [0.2, 0.25) is 0 Å². The molecule has 0 aromatic rings. The monoisotopic (exact) mass is 249 g/mol. The molecule has 0 bridgehead atoms. The van der Waals surface area contributed by atoms with E-state index >= 15 is 0 Å². The second kappa shape index (κ2) is 5.55. The van der Waals surface area contributed by atoms with Gasteiger partial charge in [-0.05, 0) is 80.0 Å². The summed E-state index contributed by atoms with van der Waals surface area (Å²) < 4.78 is 0. The summed E-state index contributed by atoms with van der Waals surface area (Å²) in [6.07, 6.45) is 10.2. The average Bonchev–Trinajstić information content (AvgIpc) is 2.27. The Morgan fingerprint density at radius 3 is 1.78 bits per heavy atom. The lowest BCUT2D eigenvalue weighted by molar-refractivity contribution is 0.155. The molecule has 0 nitrogen and oxygen atoms in total. The van der Waals surface area contributed by atoms with Crippen molar-refractivity contribution in [3.63, 3.8) is 0 Å². The highest BCUT2D eigenvalue weighted by Gasteiger charge is 2.35. The van der Waals surface area contributed by atoms with Gasteiger partial charge in [0.15, 0.2) is 0 Å². The van der Waals surface area contributed by atoms with Crippen molar-refractivity contribution in [1.82, 2.24) is 0 Å². The van der Waals surface area contributed by atoms with E-state index in [1.54, 1.807) is 0 Å². The molecule has 2 aliphatic rings. The van der Waals surface area contributed by atoms with Gasteiger partial charge in [-0.2, -0.15) is 0 Å². The maximum atomic E-state index is 2.46. The van der Waals surface area contributed by atoms with E-state index in [9.17, 15) is 0 Å². The van der Waals surface area contributed by atoms with Crippen LogP contribution in [0.5, 0.6) is 0 Å². The molecule has 1 radical (unpaired) electrons. The van der Waals surface area contributed by atoms with Crippen LogP contribution in [0, 0.1) is 35.0 Å². The lowest BCUT2D eigenvalue weighted by Gasteiger charge is -2.42. The smallest absolute Gasteiger partial charge is 0.0210 e. The van der Waals surface area contributed by atoms with Crippen molar-refractivity contribution in [2.24, 2.45) is 29.1 Å². The van der Waals surface area contributed by atoms with E-state index in [0.29, 0.717) is 5.41 Å². The summed E-state index contributed by atoms with van der Waals surface area (Å²) in [6, 6.07) is 0. The van der Waals surface area contributed by atoms with E-state index in [0.717, 1.165) is 23.7 Å². The van der Waals surface area contributed by atoms with Crippen LogP contribution in [0.15, 0.2) is 0 Å². The first-order valence-corrected chi connectivity index (χ1v) is 8.21. The molecule has 2 saturated carbocycles. The Morgan fingerprint density at radius 1 is 0.833 bits per heavy atom. The van der Waals surface area contributed by atoms with Crippen molar-refractivity contribution in [1.29, 1.82) is 0 Å². The fraction of sp³-hybridized carbons (Fsp3) is 0.944. The summed E-state index contributed by atoms with van der Waals surface area (Å²) in [5, 5.41) is 0. The summed E-state index contributed by atoms with van der Waals surface area (Å²) in [6.45, 7) is 12.2. The second-order valence-electron chi connectivity index (χ2n) is 8.41. The molecule has 0 aliphatic heterocycles. The molecule has 105 valence electrons. The van der Waals surface area contributed by atoms with E-state index in [2.05, 4.69) is 34.6 Å². The molecule has 0 heterocycles. The molecule has 2 rings (SSSR count). The Morgan fingerprint density at radius 2 is 1.33 bits per heavy atom. The van der Waals surface area contributed by atoms with Gasteiger partial charge in [-0.25, -0.2) is 0 Å². The molecule has 2 atom stereocenters. The Bertz CT molecular complexity index is 242. The topological polar surface area (TPSA) is 0 Å². The Kier molecular flexibility index (Phi) is 4.44. The zero-order valence-corrected chi connectivity index (χ0v) is 13.3. The van der Waals surface area contributed by atoms with Crippen LogP contribution in [-0.2, 0) is 0 Å². The summed E-state index contributed by atoms with van der Waals surface area (Å²) in [7, 11) is 0. The third kappa shape index (κ3) is 3.52. The summed E-state index contributed by atoms with van der Waals surface area (Å²) in [5.74, 6) is 5.80. The normalized spacial score (nSPS) is 36.8. The van der Waals surface area contributed by atoms with Crippen LogP contribution in [0.1, 0.15) is 79.6 Å². The van der Waals surface area contributed by atoms with Gasteiger partial charge in [0.1, 0.15) is 0 Å². The molecule has 0 N–H and O–H groups in total. The highest BCUT2D eigenvalue weighted by atomic mass is 14.4. The largest absolute Gasteiger partial charge is 0.0625 e. The molecular weight excluding hydrogens is 216 g/mol. The van der Waals surface area contributed by atoms with Gasteiger partial charge in [-0.15, -0.1) is 0 Å². The van der Waals surface area contributed by atoms with Crippen LogP contribution in [0.3, 0.4) is 0 Å². The molecule has 0 heteroatoms. The van der Waals surface area contributed by atoms with Gasteiger partial charge in [0.05, 0.1) is 0 Å². The molecular formula is C18H33. The number of hydrogen-bond acceptors (Lipinski definition) is 0.